The first kappa shape index (κ1) is 20.7. The van der Waals surface area contributed by atoms with Crippen LogP contribution in [0, 0.1) is 0 Å². The SMILES string of the molecule is COC(=O)c1cc(NC(=O)c2occc2COc2ccccc2)cc(C(=O)OC)c1. The molecule has 0 unspecified atom stereocenters. The number of esters is 2. The largest absolute Gasteiger partial charge is 0.489 e. The monoisotopic (exact) mass is 409 g/mol. The third kappa shape index (κ3) is 4.85. The number of ether oxygens (including phenoxy) is 3. The summed E-state index contributed by atoms with van der Waals surface area (Å²) in [6, 6.07) is 14.9. The lowest BCUT2D eigenvalue weighted by atomic mass is 10.1. The summed E-state index contributed by atoms with van der Waals surface area (Å²) in [5.41, 5.74) is 0.911. The molecular weight excluding hydrogens is 390 g/mol. The van der Waals surface area contributed by atoms with Gasteiger partial charge in [0.15, 0.2) is 5.76 Å². The lowest BCUT2D eigenvalue weighted by molar-refractivity contribution is 0.0599. The number of hydrogen-bond acceptors (Lipinski definition) is 7. The van der Waals surface area contributed by atoms with Crippen molar-refractivity contribution >= 4 is 23.5 Å². The lowest BCUT2D eigenvalue weighted by Crippen LogP contribution is -2.15. The number of para-hydroxylation sites is 1. The number of anilines is 1. The smallest absolute Gasteiger partial charge is 0.337 e. The van der Waals surface area contributed by atoms with E-state index in [4.69, 9.17) is 18.6 Å². The fourth-order valence-corrected chi connectivity index (χ4v) is 2.69. The Bertz CT molecular complexity index is 1020. The molecule has 0 aliphatic heterocycles. The second-order valence-electron chi connectivity index (χ2n) is 6.11. The molecule has 1 heterocycles. The Morgan fingerprint density at radius 1 is 0.900 bits per heavy atom. The van der Waals surface area contributed by atoms with Gasteiger partial charge >= 0.3 is 11.9 Å². The number of hydrogen-bond donors (Lipinski definition) is 1. The average Bonchev–Trinajstić information content (AvgIpc) is 3.26. The minimum atomic E-state index is -0.661. The predicted molar refractivity (Wildman–Crippen MR) is 107 cm³/mol. The molecule has 2 aromatic carbocycles. The number of rotatable bonds is 7. The number of carbonyl (C=O) groups is 3. The highest BCUT2D eigenvalue weighted by atomic mass is 16.5. The molecule has 3 aromatic rings. The highest BCUT2D eigenvalue weighted by Crippen LogP contribution is 2.20. The van der Waals surface area contributed by atoms with E-state index >= 15 is 0 Å². The summed E-state index contributed by atoms with van der Waals surface area (Å²) < 4.78 is 20.4. The molecule has 8 heteroatoms. The van der Waals surface area contributed by atoms with Gasteiger partial charge in [-0.15, -0.1) is 0 Å². The van der Waals surface area contributed by atoms with Crippen molar-refractivity contribution in [1.82, 2.24) is 0 Å². The van der Waals surface area contributed by atoms with E-state index in [1.807, 2.05) is 18.2 Å². The second-order valence-corrected chi connectivity index (χ2v) is 6.11. The Labute approximate surface area is 172 Å². The van der Waals surface area contributed by atoms with Crippen molar-refractivity contribution in [2.45, 2.75) is 6.61 Å². The zero-order valence-electron chi connectivity index (χ0n) is 16.3. The Morgan fingerprint density at radius 3 is 2.13 bits per heavy atom. The molecule has 1 aromatic heterocycles. The van der Waals surface area contributed by atoms with Crippen LogP contribution in [-0.4, -0.2) is 32.1 Å². The number of amides is 1. The first-order valence-electron chi connectivity index (χ1n) is 8.89. The fraction of sp³-hybridized carbons (Fsp3) is 0.136. The van der Waals surface area contributed by atoms with E-state index in [0.717, 1.165) is 0 Å². The van der Waals surface area contributed by atoms with Crippen LogP contribution in [0.15, 0.2) is 65.3 Å². The van der Waals surface area contributed by atoms with Crippen LogP contribution < -0.4 is 10.1 Å². The van der Waals surface area contributed by atoms with Gasteiger partial charge in [-0.25, -0.2) is 9.59 Å². The van der Waals surface area contributed by atoms with E-state index in [-0.39, 0.29) is 29.2 Å². The summed E-state index contributed by atoms with van der Waals surface area (Å²) in [5.74, 6) is -1.19. The number of nitrogens with one attached hydrogen (secondary N) is 1. The van der Waals surface area contributed by atoms with E-state index in [1.165, 1.54) is 38.7 Å². The molecule has 0 saturated carbocycles. The highest BCUT2D eigenvalue weighted by molar-refractivity contribution is 6.05. The van der Waals surface area contributed by atoms with Crippen molar-refractivity contribution < 1.29 is 33.0 Å². The number of furan rings is 1. The molecule has 0 aliphatic carbocycles. The molecule has 1 N–H and O–H groups in total. The molecule has 0 radical (unpaired) electrons. The molecule has 0 bridgehead atoms. The lowest BCUT2D eigenvalue weighted by Gasteiger charge is -2.10. The van der Waals surface area contributed by atoms with Gasteiger partial charge in [0.1, 0.15) is 12.4 Å². The molecule has 0 aliphatic rings. The maximum absolute atomic E-state index is 12.7. The summed E-state index contributed by atoms with van der Waals surface area (Å²) >= 11 is 0. The van der Waals surface area contributed by atoms with Crippen LogP contribution in [0.1, 0.15) is 36.8 Å². The topological polar surface area (TPSA) is 104 Å². The van der Waals surface area contributed by atoms with Crippen molar-refractivity contribution in [2.24, 2.45) is 0 Å². The zero-order chi connectivity index (χ0) is 21.5. The Kier molecular flexibility index (Phi) is 6.49. The minimum absolute atomic E-state index is 0.0500. The van der Waals surface area contributed by atoms with Gasteiger partial charge in [-0.1, -0.05) is 18.2 Å². The van der Waals surface area contributed by atoms with Gasteiger partial charge in [0, 0.05) is 11.3 Å². The number of carbonyl (C=O) groups excluding carboxylic acids is 3. The molecule has 0 spiro atoms. The van der Waals surface area contributed by atoms with E-state index in [0.29, 0.717) is 11.3 Å². The standard InChI is InChI=1S/C22H19NO7/c1-27-21(25)15-10-16(22(26)28-2)12-17(11-15)23-20(24)19-14(8-9-29-19)13-30-18-6-4-3-5-7-18/h3-12H,13H2,1-2H3,(H,23,24). The third-order valence-electron chi connectivity index (χ3n) is 4.12. The van der Waals surface area contributed by atoms with E-state index in [1.54, 1.807) is 18.2 Å². The van der Waals surface area contributed by atoms with Gasteiger partial charge in [-0.3, -0.25) is 4.79 Å². The second kappa shape index (κ2) is 9.42. The third-order valence-corrected chi connectivity index (χ3v) is 4.12. The Balaban J connectivity index is 1.80. The van der Waals surface area contributed by atoms with Crippen molar-refractivity contribution in [3.8, 4) is 5.75 Å². The number of benzene rings is 2. The van der Waals surface area contributed by atoms with Crippen LogP contribution in [0.3, 0.4) is 0 Å². The summed E-state index contributed by atoms with van der Waals surface area (Å²) in [4.78, 5) is 36.5. The van der Waals surface area contributed by atoms with Gasteiger partial charge in [0.25, 0.3) is 5.91 Å². The molecular formula is C22H19NO7. The zero-order valence-corrected chi connectivity index (χ0v) is 16.3. The van der Waals surface area contributed by atoms with E-state index < -0.39 is 17.8 Å². The van der Waals surface area contributed by atoms with Gasteiger partial charge in [-0.2, -0.15) is 0 Å². The van der Waals surface area contributed by atoms with Crippen LogP contribution in [0.5, 0.6) is 5.75 Å². The Morgan fingerprint density at radius 2 is 1.53 bits per heavy atom. The highest BCUT2D eigenvalue weighted by Gasteiger charge is 2.19. The van der Waals surface area contributed by atoms with Crippen LogP contribution in [0.25, 0.3) is 0 Å². The van der Waals surface area contributed by atoms with E-state index in [9.17, 15) is 14.4 Å². The quantitative estimate of drug-likeness (QED) is 0.594. The van der Waals surface area contributed by atoms with Crippen molar-refractivity contribution in [1.29, 1.82) is 0 Å². The van der Waals surface area contributed by atoms with Gasteiger partial charge < -0.3 is 23.9 Å². The first-order valence-corrected chi connectivity index (χ1v) is 8.89. The summed E-state index contributed by atoms with van der Waals surface area (Å²) in [6.07, 6.45) is 1.38. The van der Waals surface area contributed by atoms with Crippen LogP contribution >= 0.6 is 0 Å². The molecule has 0 saturated heterocycles. The minimum Gasteiger partial charge on any atom is -0.489 e. The van der Waals surface area contributed by atoms with Crippen LogP contribution in [0.2, 0.25) is 0 Å². The maximum atomic E-state index is 12.7. The van der Waals surface area contributed by atoms with Crippen molar-refractivity contribution in [3.63, 3.8) is 0 Å². The summed E-state index contributed by atoms with van der Waals surface area (Å²) in [7, 11) is 2.43. The van der Waals surface area contributed by atoms with Crippen LogP contribution in [-0.2, 0) is 16.1 Å². The van der Waals surface area contributed by atoms with Gasteiger partial charge in [0.2, 0.25) is 0 Å². The summed E-state index contributed by atoms with van der Waals surface area (Å²) in [6.45, 7) is 0.124. The van der Waals surface area contributed by atoms with Crippen LogP contribution in [0.4, 0.5) is 5.69 Å². The maximum Gasteiger partial charge on any atom is 0.337 e. The average molecular weight is 409 g/mol. The van der Waals surface area contributed by atoms with E-state index in [2.05, 4.69) is 5.32 Å². The molecule has 1 amide bonds. The first-order chi connectivity index (χ1) is 14.5. The van der Waals surface area contributed by atoms with Gasteiger partial charge in [-0.05, 0) is 36.4 Å². The molecule has 0 fully saturated rings. The summed E-state index contributed by atoms with van der Waals surface area (Å²) in [5, 5.41) is 2.62. The van der Waals surface area contributed by atoms with Gasteiger partial charge in [0.05, 0.1) is 31.6 Å². The molecule has 0 atom stereocenters. The normalized spacial score (nSPS) is 10.2. The predicted octanol–water partition coefficient (Wildman–Crippen LogP) is 3.68. The molecule has 154 valence electrons. The fourth-order valence-electron chi connectivity index (χ4n) is 2.69. The number of methoxy groups -OCH3 is 2. The molecule has 3 rings (SSSR count). The Hall–Kier alpha value is -4.07. The molecule has 8 nitrogen and oxygen atoms in total. The van der Waals surface area contributed by atoms with Crippen molar-refractivity contribution in [3.05, 3.63) is 83.3 Å². The molecule has 30 heavy (non-hydrogen) atoms. The van der Waals surface area contributed by atoms with Crippen molar-refractivity contribution in [2.75, 3.05) is 19.5 Å².